The number of hydrogen-bond donors (Lipinski definition) is 0. The van der Waals surface area contributed by atoms with Crippen molar-refractivity contribution >= 4 is 17.1 Å². The first-order valence-electron chi connectivity index (χ1n) is 12.3. The maximum Gasteiger partial charge on any atom is 0.410 e. The SMILES string of the molecule is COc1ccc(-c2nc3cc(C4CCN(C(=O)OC(C)(C)C)CC4)ccc3n2C(C)C)cc1OC. The summed E-state index contributed by atoms with van der Waals surface area (Å²) in [5, 5.41) is 0. The first-order valence-corrected chi connectivity index (χ1v) is 12.3. The molecule has 0 unspecified atom stereocenters. The Kier molecular flexibility index (Phi) is 6.97. The van der Waals surface area contributed by atoms with E-state index in [1.165, 1.54) is 5.56 Å². The van der Waals surface area contributed by atoms with Gasteiger partial charge >= 0.3 is 6.09 Å². The van der Waals surface area contributed by atoms with E-state index in [9.17, 15) is 4.79 Å². The van der Waals surface area contributed by atoms with Crippen LogP contribution < -0.4 is 9.47 Å². The van der Waals surface area contributed by atoms with Crippen LogP contribution in [0.1, 0.15) is 65.0 Å². The lowest BCUT2D eigenvalue weighted by atomic mass is 9.89. The minimum Gasteiger partial charge on any atom is -0.493 e. The molecule has 2 heterocycles. The first-order chi connectivity index (χ1) is 16.6. The maximum atomic E-state index is 12.4. The number of carbonyl (C=O) groups excluding carboxylic acids is 1. The molecule has 0 N–H and O–H groups in total. The molecule has 1 aliphatic heterocycles. The summed E-state index contributed by atoms with van der Waals surface area (Å²) >= 11 is 0. The summed E-state index contributed by atoms with van der Waals surface area (Å²) in [7, 11) is 3.29. The number of benzene rings is 2. The topological polar surface area (TPSA) is 65.8 Å². The number of imidazole rings is 1. The average molecular weight is 480 g/mol. The van der Waals surface area contributed by atoms with Gasteiger partial charge in [-0.15, -0.1) is 0 Å². The van der Waals surface area contributed by atoms with Crippen molar-refractivity contribution in [2.75, 3.05) is 27.3 Å². The number of hydrogen-bond acceptors (Lipinski definition) is 5. The van der Waals surface area contributed by atoms with Crippen LogP contribution in [-0.2, 0) is 4.74 Å². The number of rotatable bonds is 5. The molecule has 0 radical (unpaired) electrons. The molecule has 0 atom stereocenters. The van der Waals surface area contributed by atoms with Gasteiger partial charge in [-0.3, -0.25) is 0 Å². The average Bonchev–Trinajstić information content (AvgIpc) is 3.21. The van der Waals surface area contributed by atoms with Gasteiger partial charge in [-0.05, 0) is 89.3 Å². The predicted octanol–water partition coefficient (Wildman–Crippen LogP) is 6.42. The highest BCUT2D eigenvalue weighted by atomic mass is 16.6. The number of amides is 1. The molecule has 2 aromatic carbocycles. The van der Waals surface area contributed by atoms with Crippen molar-refractivity contribution in [2.24, 2.45) is 0 Å². The molecule has 1 amide bonds. The van der Waals surface area contributed by atoms with E-state index >= 15 is 0 Å². The third-order valence-corrected chi connectivity index (χ3v) is 6.49. The lowest BCUT2D eigenvalue weighted by Crippen LogP contribution is -2.41. The summed E-state index contributed by atoms with van der Waals surface area (Å²) in [5.74, 6) is 2.69. The van der Waals surface area contributed by atoms with Crippen LogP contribution in [-0.4, -0.2) is 53.5 Å². The maximum absolute atomic E-state index is 12.4. The summed E-state index contributed by atoms with van der Waals surface area (Å²) < 4.78 is 18.7. The second-order valence-electron chi connectivity index (χ2n) is 10.5. The number of likely N-dealkylation sites (tertiary alicyclic amines) is 1. The van der Waals surface area contributed by atoms with Crippen molar-refractivity contribution in [3.8, 4) is 22.9 Å². The zero-order chi connectivity index (χ0) is 25.3. The number of fused-ring (bicyclic) bond motifs is 1. The number of ether oxygens (including phenoxy) is 3. The molecule has 1 fully saturated rings. The molecule has 4 rings (SSSR count). The monoisotopic (exact) mass is 479 g/mol. The van der Waals surface area contributed by atoms with Crippen LogP contribution in [0.5, 0.6) is 11.5 Å². The molecule has 7 heteroatoms. The fraction of sp³-hybridized carbons (Fsp3) is 0.500. The van der Waals surface area contributed by atoms with Crippen LogP contribution in [0.2, 0.25) is 0 Å². The molecule has 7 nitrogen and oxygen atoms in total. The minimum absolute atomic E-state index is 0.221. The summed E-state index contributed by atoms with van der Waals surface area (Å²) in [6, 6.07) is 12.8. The van der Waals surface area contributed by atoms with E-state index in [1.54, 1.807) is 14.2 Å². The molecule has 35 heavy (non-hydrogen) atoms. The summed E-state index contributed by atoms with van der Waals surface area (Å²) in [6.45, 7) is 11.5. The Labute approximate surface area is 208 Å². The van der Waals surface area contributed by atoms with Crippen molar-refractivity contribution in [3.05, 3.63) is 42.0 Å². The molecule has 0 aliphatic carbocycles. The Hall–Kier alpha value is -3.22. The Morgan fingerprint density at radius 3 is 2.29 bits per heavy atom. The van der Waals surface area contributed by atoms with E-state index in [1.807, 2.05) is 43.9 Å². The standard InChI is InChI=1S/C28H37N3O4/c1-18(2)31-23-10-8-20(19-12-14-30(15-13-19)27(32)35-28(3,4)5)16-22(23)29-26(31)21-9-11-24(33-6)25(17-21)34-7/h8-11,16-19H,12-15H2,1-7H3. The summed E-state index contributed by atoms with van der Waals surface area (Å²) in [4.78, 5) is 19.3. The van der Waals surface area contributed by atoms with Crippen LogP contribution in [0.3, 0.4) is 0 Å². The van der Waals surface area contributed by atoms with Crippen LogP contribution >= 0.6 is 0 Å². The Morgan fingerprint density at radius 2 is 1.69 bits per heavy atom. The quantitative estimate of drug-likeness (QED) is 0.423. The van der Waals surface area contributed by atoms with Crippen LogP contribution in [0.4, 0.5) is 4.79 Å². The second kappa shape index (κ2) is 9.80. The fourth-order valence-electron chi connectivity index (χ4n) is 4.79. The van der Waals surface area contributed by atoms with Crippen molar-refractivity contribution in [1.82, 2.24) is 14.5 Å². The zero-order valence-electron chi connectivity index (χ0n) is 21.9. The molecule has 0 bridgehead atoms. The van der Waals surface area contributed by atoms with E-state index in [-0.39, 0.29) is 12.1 Å². The zero-order valence-corrected chi connectivity index (χ0v) is 21.9. The molecule has 1 saturated heterocycles. The second-order valence-corrected chi connectivity index (χ2v) is 10.5. The molecule has 188 valence electrons. The molecular formula is C28H37N3O4. The van der Waals surface area contributed by atoms with Gasteiger partial charge in [0.05, 0.1) is 25.3 Å². The highest BCUT2D eigenvalue weighted by Gasteiger charge is 2.28. The number of carbonyl (C=O) groups is 1. The third kappa shape index (κ3) is 5.24. The van der Waals surface area contributed by atoms with Crippen LogP contribution in [0.25, 0.3) is 22.4 Å². The Morgan fingerprint density at radius 1 is 1.00 bits per heavy atom. The number of aromatic nitrogens is 2. The highest BCUT2D eigenvalue weighted by molar-refractivity contribution is 5.82. The summed E-state index contributed by atoms with van der Waals surface area (Å²) in [6.07, 6.45) is 1.61. The lowest BCUT2D eigenvalue weighted by Gasteiger charge is -2.33. The van der Waals surface area contributed by atoms with E-state index in [4.69, 9.17) is 19.2 Å². The lowest BCUT2D eigenvalue weighted by molar-refractivity contribution is 0.0205. The van der Waals surface area contributed by atoms with Crippen LogP contribution in [0.15, 0.2) is 36.4 Å². The first kappa shape index (κ1) is 24.9. The molecule has 1 aliphatic rings. The van der Waals surface area contributed by atoms with Gasteiger partial charge in [0.1, 0.15) is 11.4 Å². The van der Waals surface area contributed by atoms with E-state index in [2.05, 4.69) is 36.6 Å². The normalized spacial score (nSPS) is 15.0. The van der Waals surface area contributed by atoms with Gasteiger partial charge in [-0.25, -0.2) is 9.78 Å². The van der Waals surface area contributed by atoms with E-state index in [0.29, 0.717) is 30.5 Å². The van der Waals surface area contributed by atoms with Gasteiger partial charge in [0.2, 0.25) is 0 Å². The van der Waals surface area contributed by atoms with Crippen molar-refractivity contribution in [2.45, 2.75) is 65.0 Å². The third-order valence-electron chi connectivity index (χ3n) is 6.49. The minimum atomic E-state index is -0.472. The van der Waals surface area contributed by atoms with Crippen molar-refractivity contribution < 1.29 is 19.0 Å². The van der Waals surface area contributed by atoms with Crippen molar-refractivity contribution in [1.29, 1.82) is 0 Å². The largest absolute Gasteiger partial charge is 0.493 e. The summed E-state index contributed by atoms with van der Waals surface area (Å²) in [5.41, 5.74) is 3.88. The van der Waals surface area contributed by atoms with E-state index in [0.717, 1.165) is 35.3 Å². The molecule has 0 spiro atoms. The number of piperidine rings is 1. The molecule has 1 aromatic heterocycles. The molecular weight excluding hydrogens is 442 g/mol. The fourth-order valence-corrected chi connectivity index (χ4v) is 4.79. The van der Waals surface area contributed by atoms with Gasteiger partial charge < -0.3 is 23.7 Å². The predicted molar refractivity (Wildman–Crippen MR) is 138 cm³/mol. The van der Waals surface area contributed by atoms with E-state index < -0.39 is 5.60 Å². The smallest absolute Gasteiger partial charge is 0.410 e. The van der Waals surface area contributed by atoms with Crippen molar-refractivity contribution in [3.63, 3.8) is 0 Å². The Balaban J connectivity index is 1.60. The number of methoxy groups -OCH3 is 2. The van der Waals surface area contributed by atoms with Crippen LogP contribution in [0, 0.1) is 0 Å². The molecule has 0 saturated carbocycles. The van der Waals surface area contributed by atoms with Gasteiger partial charge in [-0.2, -0.15) is 0 Å². The van der Waals surface area contributed by atoms with Gasteiger partial charge in [0.25, 0.3) is 0 Å². The number of nitrogens with zero attached hydrogens (tertiary/aromatic N) is 3. The van der Waals surface area contributed by atoms with Gasteiger partial charge in [-0.1, -0.05) is 6.07 Å². The molecule has 3 aromatic rings. The highest BCUT2D eigenvalue weighted by Crippen LogP contribution is 2.36. The van der Waals surface area contributed by atoms with Gasteiger partial charge in [0.15, 0.2) is 11.5 Å². The van der Waals surface area contributed by atoms with Gasteiger partial charge in [0, 0.05) is 24.7 Å². The Bertz CT molecular complexity index is 1200.